The van der Waals surface area contributed by atoms with Gasteiger partial charge in [0.25, 0.3) is 0 Å². The van der Waals surface area contributed by atoms with Crippen LogP contribution in [-0.2, 0) is 14.3 Å². The van der Waals surface area contributed by atoms with Gasteiger partial charge in [-0.05, 0) is 63.6 Å². The Kier molecular flexibility index (Phi) is 6.46. The quantitative estimate of drug-likeness (QED) is 0.671. The first-order valence-corrected chi connectivity index (χ1v) is 11.1. The summed E-state index contributed by atoms with van der Waals surface area (Å²) >= 11 is 0. The first-order chi connectivity index (χ1) is 14.4. The highest BCUT2D eigenvalue weighted by Gasteiger charge is 2.41. The molecule has 170 valence electrons. The third-order valence-electron chi connectivity index (χ3n) is 5.77. The van der Waals surface area contributed by atoms with E-state index in [0.29, 0.717) is 23.5 Å². The van der Waals surface area contributed by atoms with Gasteiger partial charge in [-0.3, -0.25) is 14.5 Å². The van der Waals surface area contributed by atoms with E-state index >= 15 is 0 Å². The molecular weight excluding hydrogens is 394 g/mol. The second-order valence-electron chi connectivity index (χ2n) is 10.3. The number of amides is 2. The molecule has 0 spiro atoms. The number of ether oxygens (including phenoxy) is 1. The minimum atomic E-state index is -0.617. The highest BCUT2D eigenvalue weighted by Crippen LogP contribution is 2.41. The molecule has 7 heteroatoms. The van der Waals surface area contributed by atoms with Crippen LogP contribution in [0.1, 0.15) is 71.2 Å². The molecule has 1 N–H and O–H groups in total. The van der Waals surface area contributed by atoms with Crippen molar-refractivity contribution in [3.63, 3.8) is 0 Å². The molecule has 1 aromatic carbocycles. The predicted octanol–water partition coefficient (Wildman–Crippen LogP) is 3.51. The standard InChI is InChI=1S/C24H35N3O4/c1-7-24(5,6)15-25-13-20(28)26-14-21(29)27(17-9-10-17)18-11-8-16(12-19(18)26)22(30)31-23(2,3)4/h8,11-12,17,25H,7,9-10,13-15H2,1-6H3. The van der Waals surface area contributed by atoms with E-state index in [4.69, 9.17) is 4.74 Å². The van der Waals surface area contributed by atoms with Gasteiger partial charge in [0.2, 0.25) is 11.8 Å². The van der Waals surface area contributed by atoms with Gasteiger partial charge in [0, 0.05) is 12.6 Å². The minimum absolute atomic E-state index is 0.0149. The van der Waals surface area contributed by atoms with Crippen molar-refractivity contribution >= 4 is 29.2 Å². The molecule has 1 aromatic rings. The fourth-order valence-corrected chi connectivity index (χ4v) is 3.52. The van der Waals surface area contributed by atoms with Crippen LogP contribution < -0.4 is 15.1 Å². The molecule has 1 aliphatic heterocycles. The Balaban J connectivity index is 1.86. The summed E-state index contributed by atoms with van der Waals surface area (Å²) in [6.45, 7) is 12.7. The lowest BCUT2D eigenvalue weighted by atomic mass is 9.90. The normalized spacial score (nSPS) is 16.9. The molecule has 3 rings (SSSR count). The van der Waals surface area contributed by atoms with Crippen molar-refractivity contribution < 1.29 is 19.1 Å². The predicted molar refractivity (Wildman–Crippen MR) is 121 cm³/mol. The Bertz CT molecular complexity index is 868. The zero-order valence-electron chi connectivity index (χ0n) is 19.6. The molecule has 0 bridgehead atoms. The highest BCUT2D eigenvalue weighted by molar-refractivity contribution is 6.12. The van der Waals surface area contributed by atoms with Gasteiger partial charge in [0.1, 0.15) is 12.1 Å². The second kappa shape index (κ2) is 8.61. The summed E-state index contributed by atoms with van der Waals surface area (Å²) in [6, 6.07) is 5.29. The summed E-state index contributed by atoms with van der Waals surface area (Å²) < 4.78 is 5.50. The number of fused-ring (bicyclic) bond motifs is 1. The number of esters is 1. The molecule has 1 saturated carbocycles. The molecule has 1 heterocycles. The molecule has 2 amide bonds. The molecule has 0 radical (unpaired) electrons. The van der Waals surface area contributed by atoms with Crippen molar-refractivity contribution in [3.05, 3.63) is 23.8 Å². The fourth-order valence-electron chi connectivity index (χ4n) is 3.52. The summed E-state index contributed by atoms with van der Waals surface area (Å²) in [5.74, 6) is -0.707. The van der Waals surface area contributed by atoms with Crippen molar-refractivity contribution in [3.8, 4) is 0 Å². The van der Waals surface area contributed by atoms with Crippen LogP contribution in [0.2, 0.25) is 0 Å². The van der Waals surface area contributed by atoms with Gasteiger partial charge in [0.15, 0.2) is 0 Å². The maximum absolute atomic E-state index is 13.1. The minimum Gasteiger partial charge on any atom is -0.456 e. The number of hydrogen-bond acceptors (Lipinski definition) is 5. The lowest BCUT2D eigenvalue weighted by molar-refractivity contribution is -0.122. The van der Waals surface area contributed by atoms with E-state index in [1.54, 1.807) is 23.1 Å². The first kappa shape index (κ1) is 23.3. The molecule has 0 saturated heterocycles. The molecule has 0 unspecified atom stereocenters. The van der Waals surface area contributed by atoms with E-state index in [9.17, 15) is 14.4 Å². The Morgan fingerprint density at radius 3 is 2.39 bits per heavy atom. The Labute approximate surface area is 185 Å². The summed E-state index contributed by atoms with van der Waals surface area (Å²) in [6.07, 6.45) is 2.91. The molecule has 1 fully saturated rings. The van der Waals surface area contributed by atoms with Crippen LogP contribution in [0, 0.1) is 5.41 Å². The lowest BCUT2D eigenvalue weighted by Crippen LogP contribution is -2.51. The third kappa shape index (κ3) is 5.64. The molecule has 31 heavy (non-hydrogen) atoms. The van der Waals surface area contributed by atoms with Crippen LogP contribution in [0.3, 0.4) is 0 Å². The van der Waals surface area contributed by atoms with Crippen molar-refractivity contribution in [1.82, 2.24) is 5.32 Å². The maximum Gasteiger partial charge on any atom is 0.338 e. The fraction of sp³-hybridized carbons (Fsp3) is 0.625. The molecule has 7 nitrogen and oxygen atoms in total. The van der Waals surface area contributed by atoms with Gasteiger partial charge in [0.05, 0.1) is 23.5 Å². The largest absolute Gasteiger partial charge is 0.456 e. The molecule has 0 atom stereocenters. The van der Waals surface area contributed by atoms with Gasteiger partial charge < -0.3 is 15.0 Å². The van der Waals surface area contributed by atoms with Crippen molar-refractivity contribution in [1.29, 1.82) is 0 Å². The van der Waals surface area contributed by atoms with Gasteiger partial charge >= 0.3 is 5.97 Å². The third-order valence-corrected chi connectivity index (χ3v) is 5.77. The summed E-state index contributed by atoms with van der Waals surface area (Å²) in [4.78, 5) is 41.8. The van der Waals surface area contributed by atoms with E-state index in [2.05, 4.69) is 26.1 Å². The van der Waals surface area contributed by atoms with Crippen LogP contribution in [0.25, 0.3) is 0 Å². The number of carbonyl (C=O) groups excluding carboxylic acids is 3. The lowest BCUT2D eigenvalue weighted by Gasteiger charge is -2.37. The number of benzene rings is 1. The monoisotopic (exact) mass is 429 g/mol. The van der Waals surface area contributed by atoms with Crippen molar-refractivity contribution in [2.45, 2.75) is 72.4 Å². The number of nitrogens with zero attached hydrogens (tertiary/aromatic N) is 2. The number of anilines is 2. The Hall–Kier alpha value is -2.41. The SMILES string of the molecule is CCC(C)(C)CNCC(=O)N1CC(=O)N(C2CC2)c2ccc(C(=O)OC(C)(C)C)cc21. The van der Waals surface area contributed by atoms with E-state index in [1.165, 1.54) is 4.90 Å². The summed E-state index contributed by atoms with van der Waals surface area (Å²) in [7, 11) is 0. The van der Waals surface area contributed by atoms with E-state index in [-0.39, 0.29) is 36.4 Å². The van der Waals surface area contributed by atoms with Crippen LogP contribution in [0.5, 0.6) is 0 Å². The van der Waals surface area contributed by atoms with Gasteiger partial charge in [-0.2, -0.15) is 0 Å². The smallest absolute Gasteiger partial charge is 0.338 e. The van der Waals surface area contributed by atoms with Crippen molar-refractivity contribution in [2.24, 2.45) is 5.41 Å². The zero-order valence-corrected chi connectivity index (χ0v) is 19.6. The summed E-state index contributed by atoms with van der Waals surface area (Å²) in [5, 5.41) is 3.23. The number of nitrogens with one attached hydrogen (secondary N) is 1. The average Bonchev–Trinajstić information content (AvgIpc) is 3.50. The van der Waals surface area contributed by atoms with Crippen LogP contribution >= 0.6 is 0 Å². The van der Waals surface area contributed by atoms with Gasteiger partial charge in [-0.1, -0.05) is 20.8 Å². The van der Waals surface area contributed by atoms with E-state index in [0.717, 1.165) is 19.3 Å². The number of carbonyl (C=O) groups is 3. The average molecular weight is 430 g/mol. The first-order valence-electron chi connectivity index (χ1n) is 11.1. The molecular formula is C24H35N3O4. The van der Waals surface area contributed by atoms with Crippen LogP contribution in [0.15, 0.2) is 18.2 Å². The van der Waals surface area contributed by atoms with Crippen molar-refractivity contribution in [2.75, 3.05) is 29.4 Å². The van der Waals surface area contributed by atoms with Crippen LogP contribution in [0.4, 0.5) is 11.4 Å². The maximum atomic E-state index is 13.1. The van der Waals surface area contributed by atoms with Crippen LogP contribution in [-0.4, -0.2) is 49.1 Å². The molecule has 2 aliphatic rings. The van der Waals surface area contributed by atoms with E-state index in [1.807, 2.05) is 20.8 Å². The Morgan fingerprint density at radius 1 is 1.13 bits per heavy atom. The topological polar surface area (TPSA) is 79.0 Å². The number of hydrogen-bond donors (Lipinski definition) is 1. The highest BCUT2D eigenvalue weighted by atomic mass is 16.6. The van der Waals surface area contributed by atoms with Gasteiger partial charge in [-0.15, -0.1) is 0 Å². The Morgan fingerprint density at radius 2 is 1.81 bits per heavy atom. The number of rotatable bonds is 7. The summed E-state index contributed by atoms with van der Waals surface area (Å²) in [5.41, 5.74) is 1.12. The van der Waals surface area contributed by atoms with E-state index < -0.39 is 11.6 Å². The second-order valence-corrected chi connectivity index (χ2v) is 10.3. The molecule has 1 aliphatic carbocycles. The molecule has 0 aromatic heterocycles. The van der Waals surface area contributed by atoms with Gasteiger partial charge in [-0.25, -0.2) is 4.79 Å². The zero-order chi connectivity index (χ0) is 23.0.